The van der Waals surface area contributed by atoms with Crippen molar-refractivity contribution in [2.24, 2.45) is 0 Å². The third-order valence-electron chi connectivity index (χ3n) is 3.42. The summed E-state index contributed by atoms with van der Waals surface area (Å²) in [5, 5.41) is 8.81. The van der Waals surface area contributed by atoms with Crippen LogP contribution in [0.3, 0.4) is 0 Å². The minimum Gasteiger partial charge on any atom is -0.497 e. The number of hydrogen-bond donors (Lipinski definition) is 1. The summed E-state index contributed by atoms with van der Waals surface area (Å²) < 4.78 is 5.04. The molecule has 1 aliphatic heterocycles. The Labute approximate surface area is 121 Å². The highest BCUT2D eigenvalue weighted by molar-refractivity contribution is 6.05. The van der Waals surface area contributed by atoms with Crippen LogP contribution in [0.4, 0.5) is 4.79 Å². The lowest BCUT2D eigenvalue weighted by atomic mass is 10.1. The van der Waals surface area contributed by atoms with Gasteiger partial charge >= 0.3 is 12.0 Å². The molecule has 3 amide bonds. The van der Waals surface area contributed by atoms with Crippen LogP contribution >= 0.6 is 0 Å². The van der Waals surface area contributed by atoms with E-state index in [1.54, 1.807) is 31.4 Å². The van der Waals surface area contributed by atoms with E-state index in [2.05, 4.69) is 0 Å². The SMILES string of the molecule is COc1ccc(CN2C(=O)C(CC(=O)O)N(C)C2=O)cc1. The topological polar surface area (TPSA) is 87.2 Å². The van der Waals surface area contributed by atoms with Crippen molar-refractivity contribution in [2.45, 2.75) is 19.0 Å². The Morgan fingerprint density at radius 1 is 1.29 bits per heavy atom. The molecule has 0 spiro atoms. The van der Waals surface area contributed by atoms with E-state index in [0.717, 1.165) is 10.5 Å². The van der Waals surface area contributed by atoms with Crippen LogP contribution in [0.15, 0.2) is 24.3 Å². The van der Waals surface area contributed by atoms with Gasteiger partial charge in [-0.2, -0.15) is 0 Å². The number of rotatable bonds is 5. The molecule has 0 bridgehead atoms. The number of carboxylic acids is 1. The molecule has 7 nitrogen and oxygen atoms in total. The highest BCUT2D eigenvalue weighted by Crippen LogP contribution is 2.21. The van der Waals surface area contributed by atoms with Gasteiger partial charge in [0.1, 0.15) is 11.8 Å². The van der Waals surface area contributed by atoms with Gasteiger partial charge in [0.25, 0.3) is 5.91 Å². The van der Waals surface area contributed by atoms with Crippen LogP contribution in [0.5, 0.6) is 5.75 Å². The summed E-state index contributed by atoms with van der Waals surface area (Å²) >= 11 is 0. The lowest BCUT2D eigenvalue weighted by molar-refractivity contribution is -0.141. The Balaban J connectivity index is 2.13. The summed E-state index contributed by atoms with van der Waals surface area (Å²) in [6.45, 7) is 0.113. The van der Waals surface area contributed by atoms with Gasteiger partial charge in [-0.15, -0.1) is 0 Å². The number of amides is 3. The second-order valence-corrected chi connectivity index (χ2v) is 4.78. The average molecular weight is 292 g/mol. The molecular weight excluding hydrogens is 276 g/mol. The third kappa shape index (κ3) is 2.96. The molecule has 1 aromatic carbocycles. The minimum absolute atomic E-state index is 0.113. The molecule has 2 rings (SSSR count). The van der Waals surface area contributed by atoms with Gasteiger partial charge in [0.2, 0.25) is 0 Å². The first-order chi connectivity index (χ1) is 9.93. The number of methoxy groups -OCH3 is 1. The fraction of sp³-hybridized carbons (Fsp3) is 0.357. The lowest BCUT2D eigenvalue weighted by Crippen LogP contribution is -2.33. The number of imide groups is 1. The number of carboxylic acid groups (broad SMARTS) is 1. The molecule has 0 radical (unpaired) electrons. The summed E-state index contributed by atoms with van der Waals surface area (Å²) in [5.74, 6) is -0.918. The van der Waals surface area contributed by atoms with Crippen molar-refractivity contribution in [1.82, 2.24) is 9.80 Å². The summed E-state index contributed by atoms with van der Waals surface area (Å²) in [7, 11) is 2.98. The standard InChI is InChI=1S/C14H16N2O5/c1-15-11(7-12(17)18)13(19)16(14(15)20)8-9-3-5-10(21-2)6-4-9/h3-6,11H,7-8H2,1-2H3,(H,17,18). The van der Waals surface area contributed by atoms with E-state index in [1.807, 2.05) is 0 Å². The molecule has 1 aromatic rings. The first-order valence-electron chi connectivity index (χ1n) is 6.37. The van der Waals surface area contributed by atoms with Crippen molar-refractivity contribution in [1.29, 1.82) is 0 Å². The molecule has 1 N–H and O–H groups in total. The largest absolute Gasteiger partial charge is 0.497 e. The number of ether oxygens (including phenoxy) is 1. The van der Waals surface area contributed by atoms with Crippen LogP contribution in [-0.2, 0) is 16.1 Å². The molecule has 1 fully saturated rings. The number of aliphatic carboxylic acids is 1. The van der Waals surface area contributed by atoms with Crippen LogP contribution in [0.25, 0.3) is 0 Å². The van der Waals surface area contributed by atoms with Crippen molar-refractivity contribution >= 4 is 17.9 Å². The molecule has 1 heterocycles. The Morgan fingerprint density at radius 3 is 2.43 bits per heavy atom. The lowest BCUT2D eigenvalue weighted by Gasteiger charge is -2.14. The second-order valence-electron chi connectivity index (χ2n) is 4.78. The summed E-state index contributed by atoms with van der Waals surface area (Å²) in [4.78, 5) is 37.2. The van der Waals surface area contributed by atoms with E-state index in [1.165, 1.54) is 11.9 Å². The van der Waals surface area contributed by atoms with Gasteiger partial charge in [0, 0.05) is 7.05 Å². The highest BCUT2D eigenvalue weighted by Gasteiger charge is 2.43. The van der Waals surface area contributed by atoms with Crippen LogP contribution in [0.2, 0.25) is 0 Å². The van der Waals surface area contributed by atoms with Gasteiger partial charge in [-0.1, -0.05) is 12.1 Å². The zero-order valence-electron chi connectivity index (χ0n) is 11.8. The first kappa shape index (κ1) is 14.8. The number of likely N-dealkylation sites (N-methyl/N-ethyl adjacent to an activating group) is 1. The number of carbonyl (C=O) groups is 3. The van der Waals surface area contributed by atoms with E-state index < -0.39 is 23.9 Å². The van der Waals surface area contributed by atoms with Gasteiger partial charge in [-0.05, 0) is 17.7 Å². The van der Waals surface area contributed by atoms with Crippen LogP contribution in [0, 0.1) is 0 Å². The maximum absolute atomic E-state index is 12.2. The quantitative estimate of drug-likeness (QED) is 0.816. The number of benzene rings is 1. The van der Waals surface area contributed by atoms with Gasteiger partial charge in [0.05, 0.1) is 20.1 Å². The number of nitrogens with zero attached hydrogens (tertiary/aromatic N) is 2. The van der Waals surface area contributed by atoms with Crippen molar-refractivity contribution in [3.8, 4) is 5.75 Å². The van der Waals surface area contributed by atoms with Crippen molar-refractivity contribution < 1.29 is 24.2 Å². The molecular formula is C14H16N2O5. The summed E-state index contributed by atoms with van der Waals surface area (Å²) in [6, 6.07) is 5.56. The maximum Gasteiger partial charge on any atom is 0.327 e. The van der Waals surface area contributed by atoms with Gasteiger partial charge in [-0.3, -0.25) is 14.5 Å². The Hall–Kier alpha value is -2.57. The molecule has 112 valence electrons. The van der Waals surface area contributed by atoms with Gasteiger partial charge < -0.3 is 14.7 Å². The predicted octanol–water partition coefficient (Wildman–Crippen LogP) is 0.933. The van der Waals surface area contributed by atoms with Crippen molar-refractivity contribution in [2.75, 3.05) is 14.2 Å². The van der Waals surface area contributed by atoms with E-state index >= 15 is 0 Å². The predicted molar refractivity (Wildman–Crippen MR) is 72.7 cm³/mol. The number of urea groups is 1. The fourth-order valence-corrected chi connectivity index (χ4v) is 2.21. The smallest absolute Gasteiger partial charge is 0.327 e. The second kappa shape index (κ2) is 5.82. The molecule has 0 saturated carbocycles. The molecule has 1 saturated heterocycles. The molecule has 7 heteroatoms. The summed E-state index contributed by atoms with van der Waals surface area (Å²) in [5.41, 5.74) is 0.766. The Morgan fingerprint density at radius 2 is 1.90 bits per heavy atom. The van der Waals surface area contributed by atoms with Crippen molar-refractivity contribution in [3.63, 3.8) is 0 Å². The normalized spacial score (nSPS) is 18.3. The number of carbonyl (C=O) groups excluding carboxylic acids is 2. The third-order valence-corrected chi connectivity index (χ3v) is 3.42. The minimum atomic E-state index is -1.11. The first-order valence-corrected chi connectivity index (χ1v) is 6.37. The maximum atomic E-state index is 12.2. The van der Waals surface area contributed by atoms with E-state index in [4.69, 9.17) is 9.84 Å². The highest BCUT2D eigenvalue weighted by atomic mass is 16.5. The molecule has 0 aromatic heterocycles. The average Bonchev–Trinajstić information content (AvgIpc) is 2.65. The van der Waals surface area contributed by atoms with Crippen LogP contribution in [0.1, 0.15) is 12.0 Å². The van der Waals surface area contributed by atoms with Gasteiger partial charge in [-0.25, -0.2) is 4.79 Å². The van der Waals surface area contributed by atoms with E-state index in [-0.39, 0.29) is 13.0 Å². The molecule has 21 heavy (non-hydrogen) atoms. The van der Waals surface area contributed by atoms with Crippen LogP contribution < -0.4 is 4.74 Å². The number of hydrogen-bond acceptors (Lipinski definition) is 4. The molecule has 1 unspecified atom stereocenters. The van der Waals surface area contributed by atoms with Gasteiger partial charge in [0.15, 0.2) is 0 Å². The monoisotopic (exact) mass is 292 g/mol. The van der Waals surface area contributed by atoms with Crippen molar-refractivity contribution in [3.05, 3.63) is 29.8 Å². The Kier molecular flexibility index (Phi) is 4.11. The molecule has 1 atom stereocenters. The summed E-state index contributed by atoms with van der Waals surface area (Å²) in [6.07, 6.45) is -0.389. The van der Waals surface area contributed by atoms with E-state index in [9.17, 15) is 14.4 Å². The van der Waals surface area contributed by atoms with Crippen LogP contribution in [-0.4, -0.2) is 53.0 Å². The van der Waals surface area contributed by atoms with E-state index in [0.29, 0.717) is 5.75 Å². The zero-order chi connectivity index (χ0) is 15.6. The molecule has 0 aliphatic carbocycles. The zero-order valence-corrected chi connectivity index (χ0v) is 11.8. The fourth-order valence-electron chi connectivity index (χ4n) is 2.21. The Bertz CT molecular complexity index is 569. The molecule has 1 aliphatic rings.